The Balaban J connectivity index is 2.24. The summed E-state index contributed by atoms with van der Waals surface area (Å²) in [5, 5.41) is 16.5. The first-order chi connectivity index (χ1) is 7.63. The zero-order chi connectivity index (χ0) is 12.0. The van der Waals surface area contributed by atoms with Crippen molar-refractivity contribution in [2.75, 3.05) is 13.7 Å². The van der Waals surface area contributed by atoms with E-state index in [1.807, 2.05) is 0 Å². The molecule has 0 bridgehead atoms. The lowest BCUT2D eigenvalue weighted by Gasteiger charge is -2.15. The summed E-state index contributed by atoms with van der Waals surface area (Å²) < 4.78 is 6.18. The predicted octanol–water partition coefficient (Wildman–Crippen LogP) is -0.605. The third-order valence-electron chi connectivity index (χ3n) is 2.17. The van der Waals surface area contributed by atoms with Gasteiger partial charge in [-0.1, -0.05) is 0 Å². The maximum Gasteiger partial charge on any atom is 0.322 e. The first-order valence-corrected chi connectivity index (χ1v) is 5.10. The number of aliphatic hydroxyl groups excluding tert-OH is 1. The third kappa shape index (κ3) is 4.00. The van der Waals surface area contributed by atoms with Crippen molar-refractivity contribution in [1.82, 2.24) is 15.1 Å². The van der Waals surface area contributed by atoms with Gasteiger partial charge in [0.2, 0.25) is 0 Å². The van der Waals surface area contributed by atoms with Gasteiger partial charge in [0.15, 0.2) is 0 Å². The van der Waals surface area contributed by atoms with Crippen molar-refractivity contribution in [1.29, 1.82) is 0 Å². The smallest absolute Gasteiger partial charge is 0.322 e. The Morgan fingerprint density at radius 2 is 2.44 bits per heavy atom. The van der Waals surface area contributed by atoms with Crippen LogP contribution in [0.4, 0.5) is 0 Å². The summed E-state index contributed by atoms with van der Waals surface area (Å²) in [7, 11) is 1.33. The number of ether oxygens (including phenoxy) is 1. The molecule has 0 spiro atoms. The predicted molar refractivity (Wildman–Crippen MR) is 57.7 cm³/mol. The van der Waals surface area contributed by atoms with Crippen LogP contribution in [0.5, 0.6) is 0 Å². The molecule has 0 aliphatic heterocycles. The number of aliphatic hydroxyl groups is 1. The minimum absolute atomic E-state index is 0.316. The Morgan fingerprint density at radius 3 is 3.00 bits per heavy atom. The Kier molecular flexibility index (Phi) is 4.94. The number of esters is 1. The van der Waals surface area contributed by atoms with Gasteiger partial charge < -0.3 is 15.2 Å². The molecule has 2 unspecified atom stereocenters. The average Bonchev–Trinajstić information content (AvgIpc) is 2.77. The first-order valence-electron chi connectivity index (χ1n) is 5.10. The lowest BCUT2D eigenvalue weighted by Crippen LogP contribution is -2.40. The maximum atomic E-state index is 11.1. The Bertz CT molecular complexity index is 313. The number of carbonyl (C=O) groups excluding carboxylic acids is 1. The van der Waals surface area contributed by atoms with Gasteiger partial charge in [-0.05, 0) is 13.0 Å². The lowest BCUT2D eigenvalue weighted by molar-refractivity contribution is -0.142. The van der Waals surface area contributed by atoms with Crippen LogP contribution in [0.15, 0.2) is 18.5 Å². The molecule has 1 aromatic rings. The number of methoxy groups -OCH3 is 1. The summed E-state index contributed by atoms with van der Waals surface area (Å²) in [4.78, 5) is 11.1. The van der Waals surface area contributed by atoms with Gasteiger partial charge >= 0.3 is 5.97 Å². The van der Waals surface area contributed by atoms with Gasteiger partial charge in [0, 0.05) is 18.9 Å². The van der Waals surface area contributed by atoms with E-state index in [0.717, 1.165) is 0 Å². The van der Waals surface area contributed by atoms with Crippen molar-refractivity contribution in [2.45, 2.75) is 25.6 Å². The van der Waals surface area contributed by atoms with Crippen LogP contribution >= 0.6 is 0 Å². The molecule has 2 N–H and O–H groups in total. The van der Waals surface area contributed by atoms with Crippen LogP contribution in [0.25, 0.3) is 0 Å². The molecule has 0 saturated heterocycles. The highest BCUT2D eigenvalue weighted by atomic mass is 16.5. The highest BCUT2D eigenvalue weighted by Crippen LogP contribution is 1.92. The minimum Gasteiger partial charge on any atom is -0.468 e. The Hall–Kier alpha value is -1.40. The number of carbonyl (C=O) groups is 1. The number of aromatic nitrogens is 2. The molecule has 16 heavy (non-hydrogen) atoms. The van der Waals surface area contributed by atoms with E-state index in [9.17, 15) is 9.90 Å². The lowest BCUT2D eigenvalue weighted by atomic mass is 10.3. The molecule has 0 aromatic carbocycles. The molecule has 0 amide bonds. The van der Waals surface area contributed by atoms with Crippen LogP contribution in [0.2, 0.25) is 0 Å². The molecule has 1 aromatic heterocycles. The highest BCUT2D eigenvalue weighted by Gasteiger charge is 2.14. The molecular formula is C10H17N3O3. The van der Waals surface area contributed by atoms with Crippen molar-refractivity contribution >= 4 is 5.97 Å². The maximum absolute atomic E-state index is 11.1. The monoisotopic (exact) mass is 227 g/mol. The molecule has 0 saturated carbocycles. The fourth-order valence-electron chi connectivity index (χ4n) is 1.26. The van der Waals surface area contributed by atoms with Gasteiger partial charge in [-0.2, -0.15) is 5.10 Å². The second kappa shape index (κ2) is 6.24. The Morgan fingerprint density at radius 1 is 1.69 bits per heavy atom. The molecule has 0 radical (unpaired) electrons. The van der Waals surface area contributed by atoms with E-state index in [4.69, 9.17) is 0 Å². The standard InChI is InChI=1S/C10H17N3O3/c1-8(10(15)16-2)11-6-9(14)7-13-5-3-4-12-13/h3-5,8-9,11,14H,6-7H2,1-2H3. The van der Waals surface area contributed by atoms with E-state index in [0.29, 0.717) is 13.1 Å². The second-order valence-electron chi connectivity index (χ2n) is 3.54. The third-order valence-corrected chi connectivity index (χ3v) is 2.17. The molecule has 0 aliphatic carbocycles. The second-order valence-corrected chi connectivity index (χ2v) is 3.54. The molecule has 1 heterocycles. The van der Waals surface area contributed by atoms with Gasteiger partial charge in [0.25, 0.3) is 0 Å². The quantitative estimate of drug-likeness (QED) is 0.634. The van der Waals surface area contributed by atoms with E-state index in [2.05, 4.69) is 15.2 Å². The molecule has 90 valence electrons. The fourth-order valence-corrected chi connectivity index (χ4v) is 1.26. The van der Waals surface area contributed by atoms with Crippen LogP contribution in [0.3, 0.4) is 0 Å². The summed E-state index contributed by atoms with van der Waals surface area (Å²) in [5.41, 5.74) is 0. The largest absolute Gasteiger partial charge is 0.468 e. The normalized spacial score (nSPS) is 14.4. The highest BCUT2D eigenvalue weighted by molar-refractivity contribution is 5.75. The van der Waals surface area contributed by atoms with E-state index < -0.39 is 12.1 Å². The van der Waals surface area contributed by atoms with Crippen LogP contribution in [-0.4, -0.2) is 46.7 Å². The Labute approximate surface area is 94.2 Å². The number of rotatable bonds is 6. The van der Waals surface area contributed by atoms with E-state index in [1.165, 1.54) is 7.11 Å². The average molecular weight is 227 g/mol. The number of nitrogens with one attached hydrogen (secondary N) is 1. The van der Waals surface area contributed by atoms with Gasteiger partial charge in [0.1, 0.15) is 6.04 Å². The van der Waals surface area contributed by atoms with Crippen LogP contribution in [0, 0.1) is 0 Å². The van der Waals surface area contributed by atoms with Gasteiger partial charge in [0.05, 0.1) is 19.8 Å². The van der Waals surface area contributed by atoms with Crippen molar-refractivity contribution in [2.24, 2.45) is 0 Å². The van der Waals surface area contributed by atoms with Crippen LogP contribution in [-0.2, 0) is 16.1 Å². The summed E-state index contributed by atoms with van der Waals surface area (Å²) in [6, 6.07) is 1.37. The summed E-state index contributed by atoms with van der Waals surface area (Å²) in [6.07, 6.45) is 2.83. The van der Waals surface area contributed by atoms with Gasteiger partial charge in [-0.25, -0.2) is 0 Å². The van der Waals surface area contributed by atoms with Gasteiger partial charge in [-0.15, -0.1) is 0 Å². The molecular weight excluding hydrogens is 210 g/mol. The summed E-state index contributed by atoms with van der Waals surface area (Å²) in [6.45, 7) is 2.40. The number of nitrogens with zero attached hydrogens (tertiary/aromatic N) is 2. The zero-order valence-corrected chi connectivity index (χ0v) is 9.46. The first kappa shape index (κ1) is 12.7. The van der Waals surface area contributed by atoms with Crippen molar-refractivity contribution in [3.63, 3.8) is 0 Å². The van der Waals surface area contributed by atoms with E-state index in [-0.39, 0.29) is 5.97 Å². The zero-order valence-electron chi connectivity index (χ0n) is 9.46. The molecule has 0 fully saturated rings. The van der Waals surface area contributed by atoms with E-state index in [1.54, 1.807) is 30.1 Å². The van der Waals surface area contributed by atoms with Crippen LogP contribution in [0.1, 0.15) is 6.92 Å². The fraction of sp³-hybridized carbons (Fsp3) is 0.600. The number of hydrogen-bond donors (Lipinski definition) is 2. The summed E-state index contributed by atoms with van der Waals surface area (Å²) in [5.74, 6) is -0.341. The topological polar surface area (TPSA) is 76.4 Å². The molecule has 1 rings (SSSR count). The van der Waals surface area contributed by atoms with Crippen molar-refractivity contribution < 1.29 is 14.6 Å². The minimum atomic E-state index is -0.591. The molecule has 6 nitrogen and oxygen atoms in total. The SMILES string of the molecule is COC(=O)C(C)NCC(O)Cn1cccn1. The molecule has 0 aliphatic rings. The number of hydrogen-bond acceptors (Lipinski definition) is 5. The van der Waals surface area contributed by atoms with Crippen LogP contribution < -0.4 is 5.32 Å². The van der Waals surface area contributed by atoms with E-state index >= 15 is 0 Å². The summed E-state index contributed by atoms with van der Waals surface area (Å²) >= 11 is 0. The molecule has 2 atom stereocenters. The van der Waals surface area contributed by atoms with Crippen molar-refractivity contribution in [3.05, 3.63) is 18.5 Å². The van der Waals surface area contributed by atoms with Gasteiger partial charge in [-0.3, -0.25) is 9.48 Å². The molecule has 6 heteroatoms. The van der Waals surface area contributed by atoms with Crippen molar-refractivity contribution in [3.8, 4) is 0 Å².